The number of hydrogen-bond acceptors (Lipinski definition) is 3. The third-order valence-corrected chi connectivity index (χ3v) is 4.42. The number of rotatable bonds is 6. The number of nitrogens with one attached hydrogen (secondary N) is 2. The first-order valence-corrected chi connectivity index (χ1v) is 8.88. The van der Waals surface area contributed by atoms with Gasteiger partial charge in [0.2, 0.25) is 11.8 Å². The lowest BCUT2D eigenvalue weighted by Gasteiger charge is -2.32. The molecular formula is C19H27N3O3. The summed E-state index contributed by atoms with van der Waals surface area (Å²) in [4.78, 5) is 37.9. The minimum Gasteiger partial charge on any atom is -0.354 e. The first-order valence-electron chi connectivity index (χ1n) is 8.88. The standard InChI is InChI=1S/C19H27N3O3/c1-14(2)19(25)22-12-8-16(9-13-22)18(24)21-11-10-20-17(23)15-6-4-3-5-7-15/h3-7,14,16H,8-13H2,1-2H3,(H,20,23)(H,21,24). The van der Waals surface area contributed by atoms with Crippen LogP contribution in [0.5, 0.6) is 0 Å². The molecule has 3 amide bonds. The topological polar surface area (TPSA) is 78.5 Å². The number of nitrogens with zero attached hydrogens (tertiary/aromatic N) is 1. The van der Waals surface area contributed by atoms with Gasteiger partial charge in [-0.1, -0.05) is 32.0 Å². The zero-order valence-corrected chi connectivity index (χ0v) is 15.0. The first kappa shape index (κ1) is 19.0. The quantitative estimate of drug-likeness (QED) is 0.766. The molecule has 1 aliphatic heterocycles. The van der Waals surface area contributed by atoms with Crippen LogP contribution in [0.1, 0.15) is 37.0 Å². The highest BCUT2D eigenvalue weighted by Gasteiger charge is 2.27. The van der Waals surface area contributed by atoms with Crippen molar-refractivity contribution in [1.29, 1.82) is 0 Å². The normalized spacial score (nSPS) is 15.1. The van der Waals surface area contributed by atoms with Gasteiger partial charge in [-0.05, 0) is 25.0 Å². The summed E-state index contributed by atoms with van der Waals surface area (Å²) >= 11 is 0. The molecule has 0 atom stereocenters. The Bertz CT molecular complexity index is 593. The first-order chi connectivity index (χ1) is 12.0. The number of piperidine rings is 1. The second-order valence-electron chi connectivity index (χ2n) is 6.67. The van der Waals surface area contributed by atoms with Crippen molar-refractivity contribution >= 4 is 17.7 Å². The maximum absolute atomic E-state index is 12.2. The number of amides is 3. The minimum atomic E-state index is -0.143. The van der Waals surface area contributed by atoms with Crippen LogP contribution in [0.25, 0.3) is 0 Å². The molecule has 1 aromatic carbocycles. The van der Waals surface area contributed by atoms with Gasteiger partial charge in [-0.25, -0.2) is 0 Å². The van der Waals surface area contributed by atoms with Crippen LogP contribution in [-0.4, -0.2) is 48.8 Å². The molecular weight excluding hydrogens is 318 g/mol. The summed E-state index contributed by atoms with van der Waals surface area (Å²) in [6.07, 6.45) is 1.39. The predicted octanol–water partition coefficient (Wildman–Crippen LogP) is 1.43. The molecule has 1 heterocycles. The van der Waals surface area contributed by atoms with Crippen molar-refractivity contribution in [3.63, 3.8) is 0 Å². The van der Waals surface area contributed by atoms with Gasteiger partial charge >= 0.3 is 0 Å². The second kappa shape index (κ2) is 9.20. The molecule has 6 nitrogen and oxygen atoms in total. The fraction of sp³-hybridized carbons (Fsp3) is 0.526. The Labute approximate surface area is 149 Å². The van der Waals surface area contributed by atoms with E-state index in [-0.39, 0.29) is 29.6 Å². The van der Waals surface area contributed by atoms with Crippen molar-refractivity contribution in [1.82, 2.24) is 15.5 Å². The van der Waals surface area contributed by atoms with Crippen molar-refractivity contribution in [3.8, 4) is 0 Å². The van der Waals surface area contributed by atoms with Crippen LogP contribution in [-0.2, 0) is 9.59 Å². The number of benzene rings is 1. The van der Waals surface area contributed by atoms with E-state index in [4.69, 9.17) is 0 Å². The lowest BCUT2D eigenvalue weighted by atomic mass is 9.95. The van der Waals surface area contributed by atoms with Crippen molar-refractivity contribution < 1.29 is 14.4 Å². The van der Waals surface area contributed by atoms with Gasteiger partial charge in [0, 0.05) is 43.6 Å². The van der Waals surface area contributed by atoms with Gasteiger partial charge < -0.3 is 15.5 Å². The Kier molecular flexibility index (Phi) is 6.98. The monoisotopic (exact) mass is 345 g/mol. The fourth-order valence-corrected chi connectivity index (χ4v) is 2.92. The molecule has 136 valence electrons. The predicted molar refractivity (Wildman–Crippen MR) is 95.9 cm³/mol. The van der Waals surface area contributed by atoms with E-state index in [1.807, 2.05) is 36.9 Å². The maximum Gasteiger partial charge on any atom is 0.251 e. The van der Waals surface area contributed by atoms with E-state index in [1.54, 1.807) is 12.1 Å². The molecule has 0 aromatic heterocycles. The lowest BCUT2D eigenvalue weighted by Crippen LogP contribution is -2.45. The van der Waals surface area contributed by atoms with Crippen LogP contribution in [0.4, 0.5) is 0 Å². The number of hydrogen-bond donors (Lipinski definition) is 2. The van der Waals surface area contributed by atoms with E-state index >= 15 is 0 Å². The molecule has 1 aliphatic rings. The van der Waals surface area contributed by atoms with Crippen molar-refractivity contribution in [3.05, 3.63) is 35.9 Å². The molecule has 0 bridgehead atoms. The lowest BCUT2D eigenvalue weighted by molar-refractivity contribution is -0.138. The summed E-state index contributed by atoms with van der Waals surface area (Å²) in [7, 11) is 0. The summed E-state index contributed by atoms with van der Waals surface area (Å²) in [6, 6.07) is 8.98. The van der Waals surface area contributed by atoms with Crippen LogP contribution < -0.4 is 10.6 Å². The fourth-order valence-electron chi connectivity index (χ4n) is 2.92. The Morgan fingerprint density at radius 1 is 1.04 bits per heavy atom. The van der Waals surface area contributed by atoms with E-state index in [0.29, 0.717) is 44.6 Å². The Morgan fingerprint density at radius 3 is 2.24 bits per heavy atom. The summed E-state index contributed by atoms with van der Waals surface area (Å²) < 4.78 is 0. The highest BCUT2D eigenvalue weighted by molar-refractivity contribution is 5.94. The van der Waals surface area contributed by atoms with Gasteiger partial charge in [0.1, 0.15) is 0 Å². The number of carbonyl (C=O) groups excluding carboxylic acids is 3. The molecule has 0 spiro atoms. The molecule has 0 radical (unpaired) electrons. The van der Waals surface area contributed by atoms with E-state index < -0.39 is 0 Å². The molecule has 0 unspecified atom stereocenters. The van der Waals surface area contributed by atoms with Crippen LogP contribution in [0.3, 0.4) is 0 Å². The number of likely N-dealkylation sites (tertiary alicyclic amines) is 1. The molecule has 2 N–H and O–H groups in total. The molecule has 0 aliphatic carbocycles. The van der Waals surface area contributed by atoms with E-state index in [2.05, 4.69) is 10.6 Å². The third kappa shape index (κ3) is 5.59. The van der Waals surface area contributed by atoms with E-state index in [1.165, 1.54) is 0 Å². The SMILES string of the molecule is CC(C)C(=O)N1CCC(C(=O)NCCNC(=O)c2ccccc2)CC1. The van der Waals surface area contributed by atoms with Gasteiger partial charge in [0.15, 0.2) is 0 Å². The summed E-state index contributed by atoms with van der Waals surface area (Å²) in [6.45, 7) is 5.86. The Morgan fingerprint density at radius 2 is 1.64 bits per heavy atom. The zero-order chi connectivity index (χ0) is 18.2. The number of carbonyl (C=O) groups is 3. The molecule has 1 aromatic rings. The summed E-state index contributed by atoms with van der Waals surface area (Å²) in [5, 5.41) is 5.65. The Balaban J connectivity index is 1.65. The van der Waals surface area contributed by atoms with E-state index in [9.17, 15) is 14.4 Å². The smallest absolute Gasteiger partial charge is 0.251 e. The minimum absolute atomic E-state index is 0.00129. The van der Waals surface area contributed by atoms with Crippen molar-refractivity contribution in [2.45, 2.75) is 26.7 Å². The molecule has 25 heavy (non-hydrogen) atoms. The Hall–Kier alpha value is -2.37. The molecule has 1 saturated heterocycles. The molecule has 0 saturated carbocycles. The van der Waals surface area contributed by atoms with E-state index in [0.717, 1.165) is 0 Å². The van der Waals surface area contributed by atoms with Gasteiger partial charge in [-0.15, -0.1) is 0 Å². The molecule has 2 rings (SSSR count). The van der Waals surface area contributed by atoms with Gasteiger partial charge in [0.25, 0.3) is 5.91 Å². The third-order valence-electron chi connectivity index (χ3n) is 4.42. The molecule has 6 heteroatoms. The largest absolute Gasteiger partial charge is 0.354 e. The average Bonchev–Trinajstić information content (AvgIpc) is 2.65. The van der Waals surface area contributed by atoms with Crippen LogP contribution in [0, 0.1) is 11.8 Å². The highest BCUT2D eigenvalue weighted by atomic mass is 16.2. The summed E-state index contributed by atoms with van der Waals surface area (Å²) in [5.41, 5.74) is 0.607. The van der Waals surface area contributed by atoms with Gasteiger partial charge in [-0.3, -0.25) is 14.4 Å². The maximum atomic E-state index is 12.2. The van der Waals surface area contributed by atoms with Gasteiger partial charge in [-0.2, -0.15) is 0 Å². The van der Waals surface area contributed by atoms with Gasteiger partial charge in [0.05, 0.1) is 0 Å². The average molecular weight is 345 g/mol. The molecule has 1 fully saturated rings. The second-order valence-corrected chi connectivity index (χ2v) is 6.67. The zero-order valence-electron chi connectivity index (χ0n) is 15.0. The van der Waals surface area contributed by atoms with Crippen LogP contribution in [0.15, 0.2) is 30.3 Å². The van der Waals surface area contributed by atoms with Crippen molar-refractivity contribution in [2.75, 3.05) is 26.2 Å². The van der Waals surface area contributed by atoms with Crippen molar-refractivity contribution in [2.24, 2.45) is 11.8 Å². The van der Waals surface area contributed by atoms with Crippen LogP contribution >= 0.6 is 0 Å². The highest BCUT2D eigenvalue weighted by Crippen LogP contribution is 2.18. The summed E-state index contributed by atoms with van der Waals surface area (Å²) in [5.74, 6) is -0.0388. The van der Waals surface area contributed by atoms with Crippen LogP contribution in [0.2, 0.25) is 0 Å².